The van der Waals surface area contributed by atoms with E-state index in [1.807, 2.05) is 0 Å². The van der Waals surface area contributed by atoms with Crippen LogP contribution in [0.15, 0.2) is 0 Å². The minimum atomic E-state index is -0.586. The summed E-state index contributed by atoms with van der Waals surface area (Å²) in [6.07, 6.45) is 18.0. The Balaban J connectivity index is 3.01. The second-order valence-corrected chi connectivity index (χ2v) is 6.05. The fraction of sp³-hybridized carbons (Fsp3) is 0.895. The van der Waals surface area contributed by atoms with Crippen LogP contribution in [0.2, 0.25) is 0 Å². The third-order valence-corrected chi connectivity index (χ3v) is 3.93. The molecule has 1 radical (unpaired) electrons. The largest absolute Gasteiger partial charge is 0.508 e. The Hall–Kier alpha value is -0.730. The molecule has 0 unspecified atom stereocenters. The molecule has 0 aliphatic rings. The number of unbranched alkanes of at least 4 members (excludes halogenated alkanes) is 13. The highest BCUT2D eigenvalue weighted by Gasteiger charge is 2.01. The summed E-state index contributed by atoms with van der Waals surface area (Å²) in [6.45, 7) is 5.75. The monoisotopic (exact) mass is 313 g/mol. The van der Waals surface area contributed by atoms with Crippen LogP contribution in [0.4, 0.5) is 4.79 Å². The van der Waals surface area contributed by atoms with Gasteiger partial charge in [-0.3, -0.25) is 0 Å². The van der Waals surface area contributed by atoms with Crippen molar-refractivity contribution in [3.63, 3.8) is 0 Å². The highest BCUT2D eigenvalue weighted by atomic mass is 16.7. The van der Waals surface area contributed by atoms with Crippen LogP contribution in [-0.2, 0) is 9.47 Å². The molecule has 0 aromatic heterocycles. The van der Waals surface area contributed by atoms with Gasteiger partial charge in [-0.2, -0.15) is 0 Å². The van der Waals surface area contributed by atoms with Gasteiger partial charge < -0.3 is 9.47 Å². The molecular weight excluding hydrogens is 276 g/mol. The molecule has 0 heterocycles. The third-order valence-electron chi connectivity index (χ3n) is 3.93. The number of ether oxygens (including phenoxy) is 2. The summed E-state index contributed by atoms with van der Waals surface area (Å²) in [6, 6.07) is 0. The van der Waals surface area contributed by atoms with Crippen molar-refractivity contribution in [3.8, 4) is 0 Å². The molecule has 0 rings (SSSR count). The van der Waals surface area contributed by atoms with E-state index in [1.54, 1.807) is 6.92 Å². The number of carbonyl (C=O) groups is 1. The number of rotatable bonds is 16. The van der Waals surface area contributed by atoms with E-state index < -0.39 is 6.16 Å². The minimum absolute atomic E-state index is 0.477. The van der Waals surface area contributed by atoms with Crippen molar-refractivity contribution in [1.29, 1.82) is 0 Å². The molecule has 0 aliphatic heterocycles. The second-order valence-electron chi connectivity index (χ2n) is 6.05. The summed E-state index contributed by atoms with van der Waals surface area (Å²) in [5.41, 5.74) is 0. The van der Waals surface area contributed by atoms with E-state index in [9.17, 15) is 4.79 Å². The Bertz CT molecular complexity index is 229. The summed E-state index contributed by atoms with van der Waals surface area (Å²) in [4.78, 5) is 10.9. The van der Waals surface area contributed by atoms with Crippen LogP contribution in [0.3, 0.4) is 0 Å². The zero-order valence-electron chi connectivity index (χ0n) is 14.9. The zero-order valence-corrected chi connectivity index (χ0v) is 14.9. The topological polar surface area (TPSA) is 35.5 Å². The fourth-order valence-electron chi connectivity index (χ4n) is 2.58. The smallest absolute Gasteiger partial charge is 0.434 e. The maximum absolute atomic E-state index is 10.9. The van der Waals surface area contributed by atoms with E-state index in [4.69, 9.17) is 4.74 Å². The maximum atomic E-state index is 10.9. The average Bonchev–Trinajstić information content (AvgIpc) is 2.51. The van der Waals surface area contributed by atoms with Crippen molar-refractivity contribution >= 4 is 6.16 Å². The molecule has 0 aliphatic carbocycles. The highest BCUT2D eigenvalue weighted by Crippen LogP contribution is 2.12. The van der Waals surface area contributed by atoms with Gasteiger partial charge in [-0.05, 0) is 13.3 Å². The predicted octanol–water partition coefficient (Wildman–Crippen LogP) is 6.80. The molecule has 22 heavy (non-hydrogen) atoms. The van der Waals surface area contributed by atoms with Crippen molar-refractivity contribution in [1.82, 2.24) is 0 Å². The van der Waals surface area contributed by atoms with Crippen molar-refractivity contribution in [2.75, 3.05) is 6.61 Å². The van der Waals surface area contributed by atoms with Gasteiger partial charge >= 0.3 is 6.16 Å². The van der Waals surface area contributed by atoms with Crippen LogP contribution in [0.1, 0.15) is 104 Å². The normalized spacial score (nSPS) is 10.6. The number of carbonyl (C=O) groups excluding carboxylic acids is 1. The molecule has 0 amide bonds. The zero-order chi connectivity index (χ0) is 16.3. The Morgan fingerprint density at radius 3 is 1.55 bits per heavy atom. The Labute approximate surface area is 138 Å². The summed E-state index contributed by atoms with van der Waals surface area (Å²) >= 11 is 0. The molecule has 0 spiro atoms. The van der Waals surface area contributed by atoms with E-state index in [-0.39, 0.29) is 0 Å². The molecule has 0 N–H and O–H groups in total. The Morgan fingerprint density at radius 2 is 1.14 bits per heavy atom. The highest BCUT2D eigenvalue weighted by molar-refractivity contribution is 5.60. The fourth-order valence-corrected chi connectivity index (χ4v) is 2.58. The molecule has 0 saturated carbocycles. The van der Waals surface area contributed by atoms with E-state index >= 15 is 0 Å². The van der Waals surface area contributed by atoms with Crippen molar-refractivity contribution < 1.29 is 14.3 Å². The van der Waals surface area contributed by atoms with E-state index in [2.05, 4.69) is 11.7 Å². The van der Waals surface area contributed by atoms with E-state index in [0.29, 0.717) is 6.61 Å². The van der Waals surface area contributed by atoms with Crippen LogP contribution >= 0.6 is 0 Å². The minimum Gasteiger partial charge on any atom is -0.434 e. The third kappa shape index (κ3) is 17.3. The quantitative estimate of drug-likeness (QED) is 0.232. The van der Waals surface area contributed by atoms with Gasteiger partial charge in [0.2, 0.25) is 0 Å². The molecule has 3 heteroatoms. The molecule has 0 aromatic carbocycles. The lowest BCUT2D eigenvalue weighted by molar-refractivity contribution is 0.0734. The van der Waals surface area contributed by atoms with Crippen LogP contribution in [-0.4, -0.2) is 12.8 Å². The van der Waals surface area contributed by atoms with E-state index in [1.165, 1.54) is 83.7 Å². The molecule has 0 fully saturated rings. The average molecular weight is 314 g/mol. The van der Waals surface area contributed by atoms with Crippen LogP contribution < -0.4 is 0 Å². The molecular formula is C19H37O3. The van der Waals surface area contributed by atoms with Crippen molar-refractivity contribution in [2.24, 2.45) is 0 Å². The van der Waals surface area contributed by atoms with Crippen LogP contribution in [0.25, 0.3) is 0 Å². The Kier molecular flexibility index (Phi) is 17.7. The van der Waals surface area contributed by atoms with Gasteiger partial charge in [-0.15, -0.1) is 0 Å². The van der Waals surface area contributed by atoms with Gasteiger partial charge in [0.15, 0.2) is 0 Å². The van der Waals surface area contributed by atoms with Crippen molar-refractivity contribution in [3.05, 3.63) is 6.61 Å². The molecule has 131 valence electrons. The number of hydrogen-bond donors (Lipinski definition) is 0. The first-order chi connectivity index (χ1) is 10.8. The van der Waals surface area contributed by atoms with Gasteiger partial charge in [0.05, 0.1) is 6.61 Å². The SMILES string of the molecule is C[CH]OC(=O)OCCCCCCCCCCCCCCCC. The van der Waals surface area contributed by atoms with Gasteiger partial charge in [0, 0.05) is 0 Å². The lowest BCUT2D eigenvalue weighted by Crippen LogP contribution is -2.05. The van der Waals surface area contributed by atoms with Crippen molar-refractivity contribution in [2.45, 2.75) is 104 Å². The number of hydrogen-bond acceptors (Lipinski definition) is 3. The van der Waals surface area contributed by atoms with Crippen LogP contribution in [0.5, 0.6) is 0 Å². The summed E-state index contributed by atoms with van der Waals surface area (Å²) in [5.74, 6) is 0. The molecule has 3 nitrogen and oxygen atoms in total. The van der Waals surface area contributed by atoms with Gasteiger partial charge in [-0.1, -0.05) is 90.4 Å². The molecule has 0 bridgehead atoms. The van der Waals surface area contributed by atoms with Gasteiger partial charge in [-0.25, -0.2) is 4.79 Å². The Morgan fingerprint density at radius 1 is 0.727 bits per heavy atom. The summed E-state index contributed by atoms with van der Waals surface area (Å²) in [5, 5.41) is 0. The molecule has 0 saturated heterocycles. The second kappa shape index (κ2) is 18.3. The standard InChI is InChI=1S/C19H37O3/c1-3-5-6-7-8-9-10-11-12-13-14-15-16-17-18-22-19(20)21-4-2/h4H,3,5-18H2,1-2H3. The molecule has 0 aromatic rings. The van der Waals surface area contributed by atoms with Gasteiger partial charge in [0.25, 0.3) is 0 Å². The maximum Gasteiger partial charge on any atom is 0.508 e. The summed E-state index contributed by atoms with van der Waals surface area (Å²) in [7, 11) is 0. The lowest BCUT2D eigenvalue weighted by Gasteiger charge is -2.04. The predicted molar refractivity (Wildman–Crippen MR) is 92.7 cm³/mol. The first-order valence-corrected chi connectivity index (χ1v) is 9.42. The summed E-state index contributed by atoms with van der Waals surface area (Å²) < 4.78 is 9.47. The molecule has 0 atom stereocenters. The lowest BCUT2D eigenvalue weighted by atomic mass is 10.0. The first-order valence-electron chi connectivity index (χ1n) is 9.42. The van der Waals surface area contributed by atoms with Crippen LogP contribution in [0, 0.1) is 6.61 Å². The van der Waals surface area contributed by atoms with Gasteiger partial charge in [0.1, 0.15) is 6.61 Å². The van der Waals surface area contributed by atoms with E-state index in [0.717, 1.165) is 12.8 Å². The first kappa shape index (κ1) is 21.3.